The number of rotatable bonds is 5. The Hall–Kier alpha value is -1.91. The molecule has 1 aromatic rings. The Morgan fingerprint density at radius 2 is 2.00 bits per heavy atom. The number of aryl methyl sites for hydroxylation is 1. The Balaban J connectivity index is 2.48. The summed E-state index contributed by atoms with van der Waals surface area (Å²) in [5.41, 5.74) is 0.463. The second kappa shape index (κ2) is 5.98. The largest absolute Gasteiger partial charge is 0.480 e. The minimum atomic E-state index is -1.06. The molecule has 1 aromatic carbocycles. The van der Waals surface area contributed by atoms with E-state index in [1.54, 1.807) is 18.2 Å². The first-order valence-electron chi connectivity index (χ1n) is 5.20. The van der Waals surface area contributed by atoms with Gasteiger partial charge in [0.15, 0.2) is 0 Å². The average Bonchev–Trinajstić information content (AvgIpc) is 2.26. The van der Waals surface area contributed by atoms with Gasteiger partial charge < -0.3 is 10.0 Å². The second-order valence-electron chi connectivity index (χ2n) is 3.73. The van der Waals surface area contributed by atoms with Gasteiger partial charge in [0.2, 0.25) is 5.91 Å². The lowest BCUT2D eigenvalue weighted by Crippen LogP contribution is -2.32. The maximum Gasteiger partial charge on any atom is 0.323 e. The van der Waals surface area contributed by atoms with Gasteiger partial charge in [-0.1, -0.05) is 18.2 Å². The summed E-state index contributed by atoms with van der Waals surface area (Å²) in [6.07, 6.45) is 0.375. The number of carbonyl (C=O) groups excluding carboxylic acids is 1. The number of carboxylic acids is 1. The molecule has 0 unspecified atom stereocenters. The normalized spacial score (nSPS) is 10.0. The molecule has 4 nitrogen and oxygen atoms in total. The van der Waals surface area contributed by atoms with Gasteiger partial charge >= 0.3 is 5.97 Å². The SMILES string of the molecule is CN(CC(=O)O)C(=O)CCc1ccccc1F. The third kappa shape index (κ3) is 4.22. The number of hydrogen-bond donors (Lipinski definition) is 1. The van der Waals surface area contributed by atoms with Crippen LogP contribution in [0.1, 0.15) is 12.0 Å². The molecular formula is C12H14FNO3. The fourth-order valence-corrected chi connectivity index (χ4v) is 1.42. The summed E-state index contributed by atoms with van der Waals surface area (Å²) < 4.78 is 13.2. The molecule has 0 aromatic heterocycles. The molecule has 0 radical (unpaired) electrons. The van der Waals surface area contributed by atoms with Crippen LogP contribution in [0.5, 0.6) is 0 Å². The monoisotopic (exact) mass is 239 g/mol. The lowest BCUT2D eigenvalue weighted by molar-refractivity contribution is -0.143. The molecule has 92 valence electrons. The standard InChI is InChI=1S/C12H14FNO3/c1-14(8-12(16)17)11(15)7-6-9-4-2-3-5-10(9)13/h2-5H,6-8H2,1H3,(H,16,17). The van der Waals surface area contributed by atoms with E-state index in [4.69, 9.17) is 5.11 Å². The lowest BCUT2D eigenvalue weighted by atomic mass is 10.1. The first kappa shape index (κ1) is 13.2. The molecule has 0 aliphatic rings. The van der Waals surface area contributed by atoms with Gasteiger partial charge in [-0.05, 0) is 18.1 Å². The van der Waals surface area contributed by atoms with Crippen molar-refractivity contribution in [1.82, 2.24) is 4.90 Å². The molecule has 1 amide bonds. The van der Waals surface area contributed by atoms with Crippen LogP contribution in [0.15, 0.2) is 24.3 Å². The Bertz CT molecular complexity index is 420. The Morgan fingerprint density at radius 3 is 2.59 bits per heavy atom. The van der Waals surface area contributed by atoms with E-state index in [1.165, 1.54) is 13.1 Å². The van der Waals surface area contributed by atoms with E-state index in [9.17, 15) is 14.0 Å². The highest BCUT2D eigenvalue weighted by atomic mass is 19.1. The molecule has 5 heteroatoms. The van der Waals surface area contributed by atoms with Crippen LogP contribution in [-0.2, 0) is 16.0 Å². The number of likely N-dealkylation sites (N-methyl/N-ethyl adjacent to an activating group) is 1. The summed E-state index contributed by atoms with van der Waals surface area (Å²) >= 11 is 0. The molecule has 0 atom stereocenters. The number of halogens is 1. The van der Waals surface area contributed by atoms with Gasteiger partial charge in [-0.3, -0.25) is 9.59 Å². The van der Waals surface area contributed by atoms with E-state index in [0.29, 0.717) is 5.56 Å². The molecule has 1 rings (SSSR count). The zero-order valence-corrected chi connectivity index (χ0v) is 9.52. The molecule has 1 N–H and O–H groups in total. The van der Waals surface area contributed by atoms with Crippen LogP contribution in [-0.4, -0.2) is 35.5 Å². The summed E-state index contributed by atoms with van der Waals surface area (Å²) in [7, 11) is 1.41. The number of amides is 1. The zero-order chi connectivity index (χ0) is 12.8. The van der Waals surface area contributed by atoms with Crippen molar-refractivity contribution in [3.8, 4) is 0 Å². The van der Waals surface area contributed by atoms with Gasteiger partial charge in [0.25, 0.3) is 0 Å². The van der Waals surface area contributed by atoms with Crippen molar-refractivity contribution in [3.63, 3.8) is 0 Å². The Labute approximate surface area is 98.7 Å². The summed E-state index contributed by atoms with van der Waals surface area (Å²) in [5, 5.41) is 8.51. The van der Waals surface area contributed by atoms with Gasteiger partial charge in [-0.2, -0.15) is 0 Å². The smallest absolute Gasteiger partial charge is 0.323 e. The molecule has 0 spiro atoms. The van der Waals surface area contributed by atoms with Crippen molar-refractivity contribution in [2.45, 2.75) is 12.8 Å². The Morgan fingerprint density at radius 1 is 1.35 bits per heavy atom. The first-order chi connectivity index (χ1) is 8.00. The molecule has 0 heterocycles. The number of benzene rings is 1. The van der Waals surface area contributed by atoms with E-state index >= 15 is 0 Å². The van der Waals surface area contributed by atoms with Crippen molar-refractivity contribution in [1.29, 1.82) is 0 Å². The van der Waals surface area contributed by atoms with Crippen LogP contribution in [0.2, 0.25) is 0 Å². The minimum Gasteiger partial charge on any atom is -0.480 e. The molecule has 0 bridgehead atoms. The quantitative estimate of drug-likeness (QED) is 0.842. The fraction of sp³-hybridized carbons (Fsp3) is 0.333. The van der Waals surface area contributed by atoms with Crippen LogP contribution in [0.25, 0.3) is 0 Å². The van der Waals surface area contributed by atoms with Gasteiger partial charge in [-0.15, -0.1) is 0 Å². The van der Waals surface area contributed by atoms with E-state index in [2.05, 4.69) is 0 Å². The first-order valence-corrected chi connectivity index (χ1v) is 5.20. The van der Waals surface area contributed by atoms with Gasteiger partial charge in [0.05, 0.1) is 0 Å². The average molecular weight is 239 g/mol. The van der Waals surface area contributed by atoms with Crippen molar-refractivity contribution in [2.75, 3.05) is 13.6 Å². The predicted molar refractivity (Wildman–Crippen MR) is 60.0 cm³/mol. The minimum absolute atomic E-state index is 0.102. The number of carbonyl (C=O) groups is 2. The molecule has 0 fully saturated rings. The van der Waals surface area contributed by atoms with Crippen LogP contribution in [0.3, 0.4) is 0 Å². The predicted octanol–water partition coefficient (Wildman–Crippen LogP) is 1.30. The van der Waals surface area contributed by atoms with Crippen molar-refractivity contribution < 1.29 is 19.1 Å². The molecule has 17 heavy (non-hydrogen) atoms. The fourth-order valence-electron chi connectivity index (χ4n) is 1.42. The van der Waals surface area contributed by atoms with Gasteiger partial charge in [-0.25, -0.2) is 4.39 Å². The van der Waals surface area contributed by atoms with E-state index in [0.717, 1.165) is 4.90 Å². The lowest BCUT2D eigenvalue weighted by Gasteiger charge is -2.14. The molecular weight excluding hydrogens is 225 g/mol. The number of carboxylic acid groups (broad SMARTS) is 1. The van der Waals surface area contributed by atoms with Crippen LogP contribution in [0.4, 0.5) is 4.39 Å². The zero-order valence-electron chi connectivity index (χ0n) is 9.52. The highest BCUT2D eigenvalue weighted by molar-refractivity contribution is 5.81. The third-order valence-electron chi connectivity index (χ3n) is 2.36. The second-order valence-corrected chi connectivity index (χ2v) is 3.73. The van der Waals surface area contributed by atoms with E-state index in [-0.39, 0.29) is 31.1 Å². The number of hydrogen-bond acceptors (Lipinski definition) is 2. The van der Waals surface area contributed by atoms with E-state index < -0.39 is 5.97 Å². The number of nitrogens with zero attached hydrogens (tertiary/aromatic N) is 1. The molecule has 0 saturated carbocycles. The van der Waals surface area contributed by atoms with Gasteiger partial charge in [0, 0.05) is 13.5 Å². The maximum absolute atomic E-state index is 13.2. The Kier molecular flexibility index (Phi) is 4.63. The molecule has 0 saturated heterocycles. The van der Waals surface area contributed by atoms with Crippen LogP contribution >= 0.6 is 0 Å². The summed E-state index contributed by atoms with van der Waals surface area (Å²) in [4.78, 5) is 23.0. The highest BCUT2D eigenvalue weighted by Crippen LogP contribution is 2.09. The van der Waals surface area contributed by atoms with Crippen molar-refractivity contribution in [2.24, 2.45) is 0 Å². The summed E-state index contributed by atoms with van der Waals surface area (Å²) in [6.45, 7) is -0.337. The summed E-state index contributed by atoms with van der Waals surface area (Å²) in [5.74, 6) is -1.72. The van der Waals surface area contributed by atoms with Crippen molar-refractivity contribution >= 4 is 11.9 Å². The van der Waals surface area contributed by atoms with Crippen LogP contribution < -0.4 is 0 Å². The molecule has 0 aliphatic carbocycles. The third-order valence-corrected chi connectivity index (χ3v) is 2.36. The van der Waals surface area contributed by atoms with E-state index in [1.807, 2.05) is 0 Å². The maximum atomic E-state index is 13.2. The highest BCUT2D eigenvalue weighted by Gasteiger charge is 2.12. The topological polar surface area (TPSA) is 57.6 Å². The number of aliphatic carboxylic acids is 1. The summed E-state index contributed by atoms with van der Waals surface area (Å²) in [6, 6.07) is 6.22. The van der Waals surface area contributed by atoms with Crippen molar-refractivity contribution in [3.05, 3.63) is 35.6 Å². The molecule has 0 aliphatic heterocycles. The van der Waals surface area contributed by atoms with Crippen LogP contribution in [0, 0.1) is 5.82 Å². The van der Waals surface area contributed by atoms with Gasteiger partial charge in [0.1, 0.15) is 12.4 Å².